The Hall–Kier alpha value is -3.58. The number of benzene rings is 4. The predicted molar refractivity (Wildman–Crippen MR) is 134 cm³/mol. The molecule has 0 saturated heterocycles. The number of allylic oxidation sites excluding steroid dienone is 3. The number of fused-ring (bicyclic) bond motifs is 1. The third-order valence-corrected chi connectivity index (χ3v) is 6.07. The molecule has 0 radical (unpaired) electrons. The number of hydrogen-bond acceptors (Lipinski definition) is 1. The Bertz CT molecular complexity index is 1250. The second-order valence-electron chi connectivity index (χ2n) is 8.45. The monoisotopic (exact) mass is 401 g/mol. The van der Waals surface area contributed by atoms with E-state index in [2.05, 4.69) is 128 Å². The minimum Gasteiger partial charge on any atom is -0.310 e. The van der Waals surface area contributed by atoms with Crippen molar-refractivity contribution in [2.24, 2.45) is 5.92 Å². The van der Waals surface area contributed by atoms with Gasteiger partial charge in [0.2, 0.25) is 0 Å². The van der Waals surface area contributed by atoms with Crippen LogP contribution in [0.4, 0.5) is 11.4 Å². The first kappa shape index (κ1) is 19.4. The van der Waals surface area contributed by atoms with E-state index in [4.69, 9.17) is 0 Å². The van der Waals surface area contributed by atoms with E-state index in [9.17, 15) is 0 Å². The van der Waals surface area contributed by atoms with Gasteiger partial charge in [0, 0.05) is 16.8 Å². The highest BCUT2D eigenvalue weighted by Gasteiger charge is 2.18. The summed E-state index contributed by atoms with van der Waals surface area (Å²) in [5, 5.41) is 2.52. The largest absolute Gasteiger partial charge is 0.310 e. The Morgan fingerprint density at radius 1 is 0.742 bits per heavy atom. The Kier molecular flexibility index (Phi) is 5.18. The lowest BCUT2D eigenvalue weighted by Gasteiger charge is -2.29. The van der Waals surface area contributed by atoms with E-state index in [-0.39, 0.29) is 0 Å². The normalized spacial score (nSPS) is 15.7. The third kappa shape index (κ3) is 3.92. The molecule has 0 N–H and O–H groups in total. The number of anilines is 2. The molecule has 152 valence electrons. The summed E-state index contributed by atoms with van der Waals surface area (Å²) in [6, 6.07) is 32.9. The van der Waals surface area contributed by atoms with Gasteiger partial charge in [0.05, 0.1) is 5.69 Å². The first-order valence-electron chi connectivity index (χ1n) is 11.0. The quantitative estimate of drug-likeness (QED) is 0.332. The Morgan fingerprint density at radius 3 is 2.13 bits per heavy atom. The summed E-state index contributed by atoms with van der Waals surface area (Å²) in [4.78, 5) is 2.39. The van der Waals surface area contributed by atoms with Crippen LogP contribution in [0.5, 0.6) is 0 Å². The average molecular weight is 402 g/mol. The van der Waals surface area contributed by atoms with Gasteiger partial charge in [-0.1, -0.05) is 97.4 Å². The number of hydrogen-bond donors (Lipinski definition) is 0. The highest BCUT2D eigenvalue weighted by molar-refractivity contribution is 5.97. The fraction of sp³-hybridized carbons (Fsp3) is 0.133. The van der Waals surface area contributed by atoms with E-state index in [0.29, 0.717) is 5.92 Å². The maximum Gasteiger partial charge on any atom is 0.0539 e. The standard InChI is InChI=1S/C30H27N/c1-22-10-14-24(15-11-22)25-16-20-28(21-17-25)31(27-18-12-23(2)13-19-27)30-9-5-7-26-6-3-4-8-29(26)30/h3-12,14-21,23H,13H2,1-2H3. The number of aryl methyl sites for hydroxylation is 1. The van der Waals surface area contributed by atoms with Crippen molar-refractivity contribution in [3.8, 4) is 11.1 Å². The lowest BCUT2D eigenvalue weighted by molar-refractivity contribution is 0.728. The molecule has 31 heavy (non-hydrogen) atoms. The third-order valence-electron chi connectivity index (χ3n) is 6.07. The smallest absolute Gasteiger partial charge is 0.0539 e. The van der Waals surface area contributed by atoms with E-state index < -0.39 is 0 Å². The van der Waals surface area contributed by atoms with Crippen LogP contribution in [0.2, 0.25) is 0 Å². The van der Waals surface area contributed by atoms with E-state index in [1.165, 1.54) is 44.5 Å². The van der Waals surface area contributed by atoms with Crippen molar-refractivity contribution in [3.63, 3.8) is 0 Å². The van der Waals surface area contributed by atoms with Crippen LogP contribution in [-0.4, -0.2) is 0 Å². The van der Waals surface area contributed by atoms with Crippen molar-refractivity contribution in [3.05, 3.63) is 120 Å². The second-order valence-corrected chi connectivity index (χ2v) is 8.45. The van der Waals surface area contributed by atoms with Crippen molar-refractivity contribution in [2.45, 2.75) is 20.3 Å². The molecule has 5 rings (SSSR count). The summed E-state index contributed by atoms with van der Waals surface area (Å²) in [5.41, 5.74) is 7.40. The molecule has 0 saturated carbocycles. The van der Waals surface area contributed by atoms with E-state index in [1.807, 2.05) is 0 Å². The van der Waals surface area contributed by atoms with Crippen LogP contribution < -0.4 is 4.90 Å². The van der Waals surface area contributed by atoms with Crippen LogP contribution in [0.15, 0.2) is 115 Å². The zero-order valence-corrected chi connectivity index (χ0v) is 18.1. The average Bonchev–Trinajstić information content (AvgIpc) is 2.82. The van der Waals surface area contributed by atoms with Gasteiger partial charge in [-0.2, -0.15) is 0 Å². The summed E-state index contributed by atoms with van der Waals surface area (Å²) >= 11 is 0. The maximum atomic E-state index is 2.39. The molecule has 0 fully saturated rings. The molecular weight excluding hydrogens is 374 g/mol. The van der Waals surface area contributed by atoms with Gasteiger partial charge < -0.3 is 4.90 Å². The molecule has 0 bridgehead atoms. The van der Waals surface area contributed by atoms with E-state index in [0.717, 1.165) is 6.42 Å². The summed E-state index contributed by atoms with van der Waals surface area (Å²) in [7, 11) is 0. The van der Waals surface area contributed by atoms with Gasteiger partial charge in [0.15, 0.2) is 0 Å². The SMILES string of the molecule is Cc1ccc(-c2ccc(N(C3=CCC(C)C=C3)c3cccc4ccccc34)cc2)cc1. The highest BCUT2D eigenvalue weighted by Crippen LogP contribution is 2.38. The van der Waals surface area contributed by atoms with Crippen molar-refractivity contribution in [2.75, 3.05) is 4.90 Å². The fourth-order valence-electron chi connectivity index (χ4n) is 4.26. The van der Waals surface area contributed by atoms with Gasteiger partial charge in [-0.15, -0.1) is 0 Å². The van der Waals surface area contributed by atoms with Gasteiger partial charge in [0.25, 0.3) is 0 Å². The molecule has 0 amide bonds. The molecule has 1 nitrogen and oxygen atoms in total. The summed E-state index contributed by atoms with van der Waals surface area (Å²) < 4.78 is 0. The van der Waals surface area contributed by atoms with E-state index >= 15 is 0 Å². The Morgan fingerprint density at radius 2 is 1.42 bits per heavy atom. The van der Waals surface area contributed by atoms with Crippen molar-refractivity contribution in [1.82, 2.24) is 0 Å². The maximum absolute atomic E-state index is 2.39. The van der Waals surface area contributed by atoms with Gasteiger partial charge in [0.1, 0.15) is 0 Å². The van der Waals surface area contributed by atoms with Gasteiger partial charge in [-0.05, 0) is 60.1 Å². The van der Waals surface area contributed by atoms with Gasteiger partial charge in [-0.25, -0.2) is 0 Å². The van der Waals surface area contributed by atoms with Crippen LogP contribution in [0.1, 0.15) is 18.9 Å². The lowest BCUT2D eigenvalue weighted by atomic mass is 9.99. The summed E-state index contributed by atoms with van der Waals surface area (Å²) in [6.07, 6.45) is 8.01. The molecule has 0 aromatic heterocycles. The number of nitrogens with zero attached hydrogens (tertiary/aromatic N) is 1. The first-order valence-corrected chi connectivity index (χ1v) is 11.0. The Balaban J connectivity index is 1.61. The molecule has 1 heteroatoms. The molecule has 0 spiro atoms. The molecule has 4 aromatic rings. The van der Waals surface area contributed by atoms with Crippen LogP contribution in [0.3, 0.4) is 0 Å². The molecule has 0 heterocycles. The van der Waals surface area contributed by atoms with Crippen LogP contribution in [-0.2, 0) is 0 Å². The fourth-order valence-corrected chi connectivity index (χ4v) is 4.26. The van der Waals surface area contributed by atoms with E-state index in [1.54, 1.807) is 0 Å². The molecule has 1 aliphatic rings. The zero-order valence-electron chi connectivity index (χ0n) is 18.1. The minimum atomic E-state index is 0.585. The van der Waals surface area contributed by atoms with Crippen LogP contribution in [0, 0.1) is 12.8 Å². The van der Waals surface area contributed by atoms with Crippen LogP contribution >= 0.6 is 0 Å². The molecule has 4 aromatic carbocycles. The van der Waals surface area contributed by atoms with Gasteiger partial charge >= 0.3 is 0 Å². The zero-order chi connectivity index (χ0) is 21.2. The second kappa shape index (κ2) is 8.28. The summed E-state index contributed by atoms with van der Waals surface area (Å²) in [6.45, 7) is 4.39. The minimum absolute atomic E-state index is 0.585. The van der Waals surface area contributed by atoms with Crippen LogP contribution in [0.25, 0.3) is 21.9 Å². The lowest BCUT2D eigenvalue weighted by Crippen LogP contribution is -2.17. The molecular formula is C30H27N. The first-order chi connectivity index (χ1) is 15.2. The predicted octanol–water partition coefficient (Wildman–Crippen LogP) is 8.43. The Labute approximate surface area is 185 Å². The highest BCUT2D eigenvalue weighted by atomic mass is 15.1. The van der Waals surface area contributed by atoms with Crippen molar-refractivity contribution in [1.29, 1.82) is 0 Å². The number of rotatable bonds is 4. The summed E-state index contributed by atoms with van der Waals surface area (Å²) in [5.74, 6) is 0.585. The molecule has 1 aliphatic carbocycles. The van der Waals surface area contributed by atoms with Crippen molar-refractivity contribution < 1.29 is 0 Å². The molecule has 1 atom stereocenters. The van der Waals surface area contributed by atoms with Crippen molar-refractivity contribution >= 4 is 22.1 Å². The topological polar surface area (TPSA) is 3.24 Å². The van der Waals surface area contributed by atoms with Gasteiger partial charge in [-0.3, -0.25) is 0 Å². The molecule has 1 unspecified atom stereocenters. The molecule has 0 aliphatic heterocycles.